The summed E-state index contributed by atoms with van der Waals surface area (Å²) in [5.74, 6) is 1.72. The monoisotopic (exact) mass is 297 g/mol. The van der Waals surface area contributed by atoms with E-state index >= 15 is 0 Å². The van der Waals surface area contributed by atoms with E-state index in [2.05, 4.69) is 15.9 Å². The predicted molar refractivity (Wildman–Crippen MR) is 83.8 cm³/mol. The highest BCUT2D eigenvalue weighted by Crippen LogP contribution is 2.23. The Kier molecular flexibility index (Phi) is 7.15. The van der Waals surface area contributed by atoms with Crippen molar-refractivity contribution in [2.45, 2.75) is 44.2 Å². The van der Waals surface area contributed by atoms with Crippen LogP contribution in [0.25, 0.3) is 0 Å². The van der Waals surface area contributed by atoms with Gasteiger partial charge in [0.2, 0.25) is 0 Å². The summed E-state index contributed by atoms with van der Waals surface area (Å²) in [6.07, 6.45) is 6.21. The Hall–Kier alpha value is -0.280. The first-order valence-electron chi connectivity index (χ1n) is 7.89. The van der Waals surface area contributed by atoms with E-state index in [1.165, 1.54) is 38.8 Å². The summed E-state index contributed by atoms with van der Waals surface area (Å²) >= 11 is 1.74. The number of likely N-dealkylation sites (tertiary alicyclic amines) is 2. The Morgan fingerprint density at radius 2 is 1.90 bits per heavy atom. The van der Waals surface area contributed by atoms with E-state index in [9.17, 15) is 5.11 Å². The summed E-state index contributed by atoms with van der Waals surface area (Å²) in [5.41, 5.74) is 0. The highest BCUT2D eigenvalue weighted by Gasteiger charge is 2.30. The van der Waals surface area contributed by atoms with Crippen molar-refractivity contribution >= 4 is 11.8 Å². The molecule has 114 valence electrons. The van der Waals surface area contributed by atoms with Crippen LogP contribution in [0, 0.1) is 11.3 Å². The molecule has 2 unspecified atom stereocenters. The van der Waals surface area contributed by atoms with E-state index in [0.717, 1.165) is 25.3 Å². The van der Waals surface area contributed by atoms with E-state index in [1.807, 2.05) is 0 Å². The van der Waals surface area contributed by atoms with Crippen molar-refractivity contribution in [3.63, 3.8) is 0 Å². The Balaban J connectivity index is 1.69. The first-order chi connectivity index (χ1) is 9.85. The fourth-order valence-corrected chi connectivity index (χ4v) is 4.07. The normalized spacial score (nSPS) is 28.0. The quantitative estimate of drug-likeness (QED) is 0.689. The van der Waals surface area contributed by atoms with Gasteiger partial charge in [0.05, 0.1) is 18.4 Å². The molecule has 2 aliphatic heterocycles. The van der Waals surface area contributed by atoms with Crippen molar-refractivity contribution in [2.75, 3.05) is 44.3 Å². The fraction of sp³-hybridized carbons (Fsp3) is 0.933. The SMILES string of the molecule is N#CCSCCCN1CCCC1CN1CCCC1CO. The molecule has 2 rings (SSSR count). The minimum Gasteiger partial charge on any atom is -0.395 e. The number of aliphatic hydroxyl groups is 1. The largest absolute Gasteiger partial charge is 0.395 e. The molecule has 2 heterocycles. The number of aliphatic hydroxyl groups excluding tert-OH is 1. The van der Waals surface area contributed by atoms with Crippen LogP contribution >= 0.6 is 11.8 Å². The minimum atomic E-state index is 0.317. The Morgan fingerprint density at radius 1 is 1.15 bits per heavy atom. The molecule has 0 aromatic carbocycles. The molecule has 4 nitrogen and oxygen atoms in total. The molecule has 2 saturated heterocycles. The lowest BCUT2D eigenvalue weighted by atomic mass is 10.2. The second kappa shape index (κ2) is 8.89. The molecule has 0 aromatic heterocycles. The van der Waals surface area contributed by atoms with Gasteiger partial charge in [-0.25, -0.2) is 0 Å². The Labute approximate surface area is 127 Å². The summed E-state index contributed by atoms with van der Waals surface area (Å²) < 4.78 is 0. The van der Waals surface area contributed by atoms with Gasteiger partial charge >= 0.3 is 0 Å². The molecule has 1 N–H and O–H groups in total. The van der Waals surface area contributed by atoms with Gasteiger partial charge in [-0.1, -0.05) is 0 Å². The highest BCUT2D eigenvalue weighted by atomic mass is 32.2. The molecule has 2 fully saturated rings. The van der Waals surface area contributed by atoms with Gasteiger partial charge in [-0.2, -0.15) is 5.26 Å². The third-order valence-corrected chi connectivity index (χ3v) is 5.47. The van der Waals surface area contributed by atoms with Crippen molar-refractivity contribution in [2.24, 2.45) is 0 Å². The first-order valence-corrected chi connectivity index (χ1v) is 9.04. The molecule has 0 spiro atoms. The van der Waals surface area contributed by atoms with E-state index in [-0.39, 0.29) is 0 Å². The molecule has 2 atom stereocenters. The van der Waals surface area contributed by atoms with Gasteiger partial charge in [0, 0.05) is 18.6 Å². The molecule has 20 heavy (non-hydrogen) atoms. The van der Waals surface area contributed by atoms with Crippen LogP contribution in [0.1, 0.15) is 32.1 Å². The van der Waals surface area contributed by atoms with Crippen molar-refractivity contribution in [1.29, 1.82) is 5.26 Å². The molecule has 0 amide bonds. The van der Waals surface area contributed by atoms with Crippen LogP contribution in [0.3, 0.4) is 0 Å². The van der Waals surface area contributed by atoms with Gasteiger partial charge in [0.1, 0.15) is 0 Å². The lowest BCUT2D eigenvalue weighted by Gasteiger charge is -2.31. The Bertz CT molecular complexity index is 321. The van der Waals surface area contributed by atoms with Crippen LogP contribution in [0.2, 0.25) is 0 Å². The van der Waals surface area contributed by atoms with Crippen LogP contribution in [-0.2, 0) is 0 Å². The molecule has 0 bridgehead atoms. The maximum absolute atomic E-state index is 9.42. The summed E-state index contributed by atoms with van der Waals surface area (Å²) in [6.45, 7) is 5.01. The van der Waals surface area contributed by atoms with Gasteiger partial charge in [-0.3, -0.25) is 9.80 Å². The minimum absolute atomic E-state index is 0.317. The average molecular weight is 297 g/mol. The van der Waals surface area contributed by atoms with Gasteiger partial charge < -0.3 is 5.11 Å². The fourth-order valence-electron chi connectivity index (χ4n) is 3.50. The lowest BCUT2D eigenvalue weighted by Crippen LogP contribution is -2.43. The molecule has 0 aliphatic carbocycles. The summed E-state index contributed by atoms with van der Waals surface area (Å²) in [5, 5.41) is 17.9. The molecule has 0 saturated carbocycles. The summed E-state index contributed by atoms with van der Waals surface area (Å²) in [6, 6.07) is 3.27. The van der Waals surface area contributed by atoms with Gasteiger partial charge in [-0.15, -0.1) is 11.8 Å². The second-order valence-corrected chi connectivity index (χ2v) is 6.98. The zero-order valence-corrected chi connectivity index (χ0v) is 13.2. The number of nitriles is 1. The van der Waals surface area contributed by atoms with Gasteiger partial charge in [0.25, 0.3) is 0 Å². The summed E-state index contributed by atoms with van der Waals surface area (Å²) in [4.78, 5) is 5.12. The second-order valence-electron chi connectivity index (χ2n) is 5.87. The Morgan fingerprint density at radius 3 is 2.65 bits per heavy atom. The topological polar surface area (TPSA) is 50.5 Å². The van der Waals surface area contributed by atoms with E-state index in [4.69, 9.17) is 5.26 Å². The van der Waals surface area contributed by atoms with E-state index in [0.29, 0.717) is 24.4 Å². The number of hydrogen-bond acceptors (Lipinski definition) is 5. The molecule has 2 aliphatic rings. The lowest BCUT2D eigenvalue weighted by molar-refractivity contribution is 0.122. The third-order valence-electron chi connectivity index (χ3n) is 4.55. The zero-order chi connectivity index (χ0) is 14.2. The molecule has 5 heteroatoms. The molecule has 0 aromatic rings. The van der Waals surface area contributed by atoms with Crippen molar-refractivity contribution in [1.82, 2.24) is 9.80 Å². The van der Waals surface area contributed by atoms with Crippen LogP contribution in [0.15, 0.2) is 0 Å². The van der Waals surface area contributed by atoms with Gasteiger partial charge in [0.15, 0.2) is 0 Å². The highest BCUT2D eigenvalue weighted by molar-refractivity contribution is 7.99. The van der Waals surface area contributed by atoms with Crippen LogP contribution in [0.4, 0.5) is 0 Å². The average Bonchev–Trinajstić information content (AvgIpc) is 3.08. The zero-order valence-electron chi connectivity index (χ0n) is 12.3. The van der Waals surface area contributed by atoms with Crippen LogP contribution in [0.5, 0.6) is 0 Å². The van der Waals surface area contributed by atoms with Crippen LogP contribution < -0.4 is 0 Å². The van der Waals surface area contributed by atoms with E-state index < -0.39 is 0 Å². The maximum atomic E-state index is 9.42. The maximum Gasteiger partial charge on any atom is 0.0808 e. The number of thioether (sulfide) groups is 1. The van der Waals surface area contributed by atoms with E-state index in [1.54, 1.807) is 11.8 Å². The van der Waals surface area contributed by atoms with Crippen LogP contribution in [-0.4, -0.2) is 71.3 Å². The molecule has 0 radical (unpaired) electrons. The van der Waals surface area contributed by atoms with Crippen molar-refractivity contribution in [3.8, 4) is 6.07 Å². The first kappa shape index (κ1) is 16.1. The smallest absolute Gasteiger partial charge is 0.0808 e. The molecular formula is C15H27N3OS. The molecular weight excluding hydrogens is 270 g/mol. The number of hydrogen-bond donors (Lipinski definition) is 1. The number of nitrogens with zero attached hydrogens (tertiary/aromatic N) is 3. The van der Waals surface area contributed by atoms with Crippen molar-refractivity contribution in [3.05, 3.63) is 0 Å². The summed E-state index contributed by atoms with van der Waals surface area (Å²) in [7, 11) is 0. The predicted octanol–water partition coefficient (Wildman–Crippen LogP) is 1.55. The van der Waals surface area contributed by atoms with Gasteiger partial charge in [-0.05, 0) is 57.5 Å². The number of rotatable bonds is 8. The van der Waals surface area contributed by atoms with Crippen molar-refractivity contribution < 1.29 is 5.11 Å². The third kappa shape index (κ3) is 4.63. The standard InChI is InChI=1S/C15H27N3OS/c16-6-11-20-10-3-9-17-7-1-4-14(17)12-18-8-2-5-15(18)13-19/h14-15,19H,1-5,7-13H2.